The van der Waals surface area contributed by atoms with Gasteiger partial charge in [0.1, 0.15) is 6.61 Å². The van der Waals surface area contributed by atoms with Crippen LogP contribution in [0.3, 0.4) is 0 Å². The Morgan fingerprint density at radius 1 is 0.767 bits per heavy atom. The standard InChI is InChI=1S/C20H15F6N3O/c21-19(22,23)15-6-14(7-16(8-15)20(24,25)26)9-27-18-28-10-17(11-29-18)30-12-13-4-2-1-3-5-13/h1-8,10-11H,9,12H2,(H,27,28,29). The lowest BCUT2D eigenvalue weighted by molar-refractivity contribution is -0.143. The highest BCUT2D eigenvalue weighted by atomic mass is 19.4. The average Bonchev–Trinajstić information content (AvgIpc) is 2.71. The molecule has 0 bridgehead atoms. The second-order valence-corrected chi connectivity index (χ2v) is 6.28. The summed E-state index contributed by atoms with van der Waals surface area (Å²) in [4.78, 5) is 7.91. The molecule has 0 radical (unpaired) electrons. The predicted molar refractivity (Wildman–Crippen MR) is 96.6 cm³/mol. The zero-order chi connectivity index (χ0) is 21.8. The summed E-state index contributed by atoms with van der Waals surface area (Å²) in [6, 6.07) is 10.7. The van der Waals surface area contributed by atoms with Gasteiger partial charge in [0.05, 0.1) is 23.5 Å². The highest BCUT2D eigenvalue weighted by Crippen LogP contribution is 2.36. The summed E-state index contributed by atoms with van der Waals surface area (Å²) in [5.41, 5.74) is -2.02. The normalized spacial score (nSPS) is 11.9. The molecular weight excluding hydrogens is 412 g/mol. The minimum absolute atomic E-state index is 0.0352. The maximum atomic E-state index is 12.9. The van der Waals surface area contributed by atoms with E-state index in [-0.39, 0.29) is 24.1 Å². The van der Waals surface area contributed by atoms with E-state index in [1.165, 1.54) is 12.4 Å². The van der Waals surface area contributed by atoms with E-state index in [4.69, 9.17) is 4.74 Å². The van der Waals surface area contributed by atoms with Crippen LogP contribution in [0.2, 0.25) is 0 Å². The van der Waals surface area contributed by atoms with Crippen LogP contribution in [-0.4, -0.2) is 9.97 Å². The first kappa shape index (κ1) is 21.4. The number of nitrogens with one attached hydrogen (secondary N) is 1. The molecule has 0 atom stereocenters. The van der Waals surface area contributed by atoms with Crippen molar-refractivity contribution in [1.29, 1.82) is 0 Å². The van der Waals surface area contributed by atoms with Crippen molar-refractivity contribution in [3.63, 3.8) is 0 Å². The molecule has 4 nitrogen and oxygen atoms in total. The van der Waals surface area contributed by atoms with Crippen LogP contribution in [0.5, 0.6) is 5.75 Å². The maximum absolute atomic E-state index is 12.9. The SMILES string of the molecule is FC(F)(F)c1cc(CNc2ncc(OCc3ccccc3)cn2)cc(C(F)(F)F)c1. The lowest BCUT2D eigenvalue weighted by atomic mass is 10.0. The molecule has 0 fully saturated rings. The summed E-state index contributed by atoms with van der Waals surface area (Å²) in [5.74, 6) is 0.399. The first-order valence-corrected chi connectivity index (χ1v) is 8.62. The molecule has 0 aliphatic heterocycles. The summed E-state index contributed by atoms with van der Waals surface area (Å²) >= 11 is 0. The number of hydrogen-bond acceptors (Lipinski definition) is 4. The fourth-order valence-corrected chi connectivity index (χ4v) is 2.53. The molecule has 0 aliphatic rings. The van der Waals surface area contributed by atoms with Crippen molar-refractivity contribution < 1.29 is 31.1 Å². The van der Waals surface area contributed by atoms with Crippen molar-refractivity contribution in [1.82, 2.24) is 9.97 Å². The number of rotatable bonds is 6. The van der Waals surface area contributed by atoms with Gasteiger partial charge in [-0.15, -0.1) is 0 Å². The largest absolute Gasteiger partial charge is 0.486 e. The van der Waals surface area contributed by atoms with Crippen LogP contribution in [0.25, 0.3) is 0 Å². The molecule has 0 unspecified atom stereocenters. The number of aromatic nitrogens is 2. The van der Waals surface area contributed by atoms with Crippen LogP contribution in [0.1, 0.15) is 22.3 Å². The minimum Gasteiger partial charge on any atom is -0.486 e. The van der Waals surface area contributed by atoms with Gasteiger partial charge in [-0.2, -0.15) is 26.3 Å². The second kappa shape index (κ2) is 8.60. The number of halogens is 6. The van der Waals surface area contributed by atoms with Crippen LogP contribution >= 0.6 is 0 Å². The van der Waals surface area contributed by atoms with Crippen molar-refractivity contribution in [2.45, 2.75) is 25.5 Å². The van der Waals surface area contributed by atoms with Gasteiger partial charge in [-0.05, 0) is 29.3 Å². The van der Waals surface area contributed by atoms with Crippen LogP contribution < -0.4 is 10.1 Å². The summed E-state index contributed by atoms with van der Waals surface area (Å²) < 4.78 is 83.0. The van der Waals surface area contributed by atoms with E-state index < -0.39 is 23.5 Å². The van der Waals surface area contributed by atoms with E-state index in [9.17, 15) is 26.3 Å². The fourth-order valence-electron chi connectivity index (χ4n) is 2.53. The molecule has 0 saturated heterocycles. The number of ether oxygens (including phenoxy) is 1. The first-order chi connectivity index (χ1) is 14.1. The van der Waals surface area contributed by atoms with E-state index in [2.05, 4.69) is 15.3 Å². The van der Waals surface area contributed by atoms with Gasteiger partial charge in [0.15, 0.2) is 5.75 Å². The predicted octanol–water partition coefficient (Wildman–Crippen LogP) is 5.71. The molecule has 3 aromatic rings. The van der Waals surface area contributed by atoms with Gasteiger partial charge in [0, 0.05) is 6.54 Å². The van der Waals surface area contributed by atoms with Gasteiger partial charge in [0.2, 0.25) is 5.95 Å². The molecule has 0 saturated carbocycles. The summed E-state index contributed by atoms with van der Waals surface area (Å²) in [6.45, 7) is -0.0291. The molecule has 2 aromatic carbocycles. The molecule has 0 spiro atoms. The molecule has 30 heavy (non-hydrogen) atoms. The topological polar surface area (TPSA) is 47.0 Å². The van der Waals surface area contributed by atoms with Crippen LogP contribution in [-0.2, 0) is 25.5 Å². The Bertz CT molecular complexity index is 940. The van der Waals surface area contributed by atoms with Crippen molar-refractivity contribution in [3.8, 4) is 5.75 Å². The molecular formula is C20H15F6N3O. The fraction of sp³-hybridized carbons (Fsp3) is 0.200. The third-order valence-corrected chi connectivity index (χ3v) is 3.97. The van der Waals surface area contributed by atoms with E-state index >= 15 is 0 Å². The van der Waals surface area contributed by atoms with Crippen molar-refractivity contribution in [2.24, 2.45) is 0 Å². The molecule has 10 heteroatoms. The van der Waals surface area contributed by atoms with Gasteiger partial charge in [-0.1, -0.05) is 30.3 Å². The van der Waals surface area contributed by atoms with E-state index in [1.54, 1.807) is 0 Å². The zero-order valence-electron chi connectivity index (χ0n) is 15.3. The Labute approximate surface area is 167 Å². The second-order valence-electron chi connectivity index (χ2n) is 6.28. The van der Waals surface area contributed by atoms with Gasteiger partial charge in [-0.25, -0.2) is 9.97 Å². The lowest BCUT2D eigenvalue weighted by Gasteiger charge is -2.14. The highest BCUT2D eigenvalue weighted by Gasteiger charge is 2.36. The van der Waals surface area contributed by atoms with Crippen molar-refractivity contribution in [3.05, 3.63) is 83.2 Å². The molecule has 1 heterocycles. The molecule has 158 valence electrons. The summed E-state index contributed by atoms with van der Waals surface area (Å²) in [6.07, 6.45) is -7.09. The molecule has 3 rings (SSSR count). The number of benzene rings is 2. The summed E-state index contributed by atoms with van der Waals surface area (Å²) in [7, 11) is 0. The lowest BCUT2D eigenvalue weighted by Crippen LogP contribution is -2.13. The smallest absolute Gasteiger partial charge is 0.416 e. The summed E-state index contributed by atoms with van der Waals surface area (Å²) in [5, 5.41) is 2.61. The minimum atomic E-state index is -4.90. The van der Waals surface area contributed by atoms with Crippen LogP contribution in [0, 0.1) is 0 Å². The number of hydrogen-bond donors (Lipinski definition) is 1. The molecule has 1 aromatic heterocycles. The monoisotopic (exact) mass is 427 g/mol. The van der Waals surface area contributed by atoms with Crippen LogP contribution in [0.4, 0.5) is 32.3 Å². The van der Waals surface area contributed by atoms with E-state index in [0.29, 0.717) is 24.5 Å². The third kappa shape index (κ3) is 5.85. The van der Waals surface area contributed by atoms with E-state index in [1.807, 2.05) is 30.3 Å². The Morgan fingerprint density at radius 2 is 1.33 bits per heavy atom. The van der Waals surface area contributed by atoms with Gasteiger partial charge in [-0.3, -0.25) is 0 Å². The molecule has 1 N–H and O–H groups in total. The van der Waals surface area contributed by atoms with Crippen molar-refractivity contribution >= 4 is 5.95 Å². The first-order valence-electron chi connectivity index (χ1n) is 8.62. The van der Waals surface area contributed by atoms with Gasteiger partial charge in [0.25, 0.3) is 0 Å². The molecule has 0 amide bonds. The zero-order valence-corrected chi connectivity index (χ0v) is 15.3. The number of nitrogens with zero attached hydrogens (tertiary/aromatic N) is 2. The Morgan fingerprint density at radius 3 is 1.87 bits per heavy atom. The van der Waals surface area contributed by atoms with Crippen molar-refractivity contribution in [2.75, 3.05) is 5.32 Å². The third-order valence-electron chi connectivity index (χ3n) is 3.97. The van der Waals surface area contributed by atoms with Crippen LogP contribution in [0.15, 0.2) is 60.9 Å². The Hall–Kier alpha value is -3.30. The Balaban J connectivity index is 1.66. The number of anilines is 1. The number of alkyl halides is 6. The van der Waals surface area contributed by atoms with Gasteiger partial charge < -0.3 is 10.1 Å². The quantitative estimate of drug-likeness (QED) is 0.513. The molecule has 0 aliphatic carbocycles. The van der Waals surface area contributed by atoms with Gasteiger partial charge >= 0.3 is 12.4 Å². The highest BCUT2D eigenvalue weighted by molar-refractivity contribution is 5.36. The maximum Gasteiger partial charge on any atom is 0.416 e. The Kier molecular flexibility index (Phi) is 6.14. The van der Waals surface area contributed by atoms with E-state index in [0.717, 1.165) is 5.56 Å². The average molecular weight is 427 g/mol.